The summed E-state index contributed by atoms with van der Waals surface area (Å²) in [5, 5.41) is 8.97. The van der Waals surface area contributed by atoms with E-state index in [-0.39, 0.29) is 101 Å². The molecule has 2 aliphatic rings. The van der Waals surface area contributed by atoms with Crippen molar-refractivity contribution in [3.05, 3.63) is 174 Å². The topological polar surface area (TPSA) is 245 Å². The van der Waals surface area contributed by atoms with Crippen LogP contribution in [-0.2, 0) is 0 Å². The van der Waals surface area contributed by atoms with Gasteiger partial charge in [0.15, 0.2) is 34.7 Å². The number of nitrogen functional groups attached to an aromatic ring is 4. The van der Waals surface area contributed by atoms with Crippen LogP contribution in [-0.4, -0.2) is 44.9 Å². The maximum absolute atomic E-state index is 14.3. The number of ketones is 6. The lowest BCUT2D eigenvalue weighted by atomic mass is 9.77. The van der Waals surface area contributed by atoms with Gasteiger partial charge in [0.1, 0.15) is 0 Å². The van der Waals surface area contributed by atoms with E-state index in [1.165, 1.54) is 72.8 Å². The van der Waals surface area contributed by atoms with Crippen molar-refractivity contribution >= 4 is 80.7 Å². The van der Waals surface area contributed by atoms with E-state index in [9.17, 15) is 28.8 Å². The average Bonchev–Trinajstić information content (AvgIpc) is 3.70. The molecule has 0 saturated heterocycles. The Balaban J connectivity index is 1.29. The van der Waals surface area contributed by atoms with Crippen molar-refractivity contribution in [3.8, 4) is 22.9 Å². The maximum Gasteiger partial charge on any atom is 0.252 e. The minimum atomic E-state index is -0.742. The fraction of sp³-hybridized carbons (Fsp3) is 0. The molecule has 2 aliphatic carbocycles. The molecule has 1 aromatic heterocycles. The highest BCUT2D eigenvalue weighted by Gasteiger charge is 2.42. The Morgan fingerprint density at radius 2 is 0.729 bits per heavy atom. The zero-order valence-corrected chi connectivity index (χ0v) is 31.6. The highest BCUT2D eigenvalue weighted by Crippen LogP contribution is 2.47. The Hall–Kier alpha value is -7.74. The molecule has 0 bridgehead atoms. The van der Waals surface area contributed by atoms with Crippen LogP contribution in [0.4, 0.5) is 22.7 Å². The maximum atomic E-state index is 14.3. The summed E-state index contributed by atoms with van der Waals surface area (Å²) >= 11 is 12.2. The lowest BCUT2D eigenvalue weighted by molar-refractivity contribution is 0.0971. The molecule has 0 atom stereocenters. The second-order valence-electron chi connectivity index (χ2n) is 13.6. The quantitative estimate of drug-likeness (QED) is 0.0971. The van der Waals surface area contributed by atoms with E-state index >= 15 is 0 Å². The first-order valence-electron chi connectivity index (χ1n) is 17.6. The molecule has 0 spiro atoms. The fourth-order valence-electron chi connectivity index (χ4n) is 7.65. The number of rotatable bonds is 6. The number of carbonyl (C=O) groups excluding carboxylic acids is 6. The summed E-state index contributed by atoms with van der Waals surface area (Å²) in [5.74, 6) is -5.06. The summed E-state index contributed by atoms with van der Waals surface area (Å²) in [7, 11) is 0. The lowest BCUT2D eigenvalue weighted by Gasteiger charge is -2.24. The summed E-state index contributed by atoms with van der Waals surface area (Å²) in [6.07, 6.45) is 0. The standard InChI is InChI=1S/C44H24Cl2N6O7/c45-19-13-9-17(10-14-19)37(53)27-25-29(41(57)23-7-3-1-5-21(23)39(25)55)35(49)31(33(27)47)43-51-52-44(59-43)32-34(48)28(38(54)18-11-15-20(46)16-12-18)26-30(36(32)50)42(58)24-8-4-2-6-22(24)40(26)56/h1-16H,47-50H2. The van der Waals surface area contributed by atoms with Crippen LogP contribution in [0.2, 0.25) is 10.0 Å². The van der Waals surface area contributed by atoms with Gasteiger partial charge in [0.05, 0.1) is 56.1 Å². The van der Waals surface area contributed by atoms with Gasteiger partial charge in [-0.15, -0.1) is 10.2 Å². The van der Waals surface area contributed by atoms with Crippen molar-refractivity contribution < 1.29 is 33.2 Å². The molecule has 13 nitrogen and oxygen atoms in total. The Bertz CT molecular complexity index is 2910. The van der Waals surface area contributed by atoms with Crippen LogP contribution in [0.3, 0.4) is 0 Å². The molecule has 59 heavy (non-hydrogen) atoms. The molecule has 7 aromatic rings. The van der Waals surface area contributed by atoms with Gasteiger partial charge >= 0.3 is 0 Å². The van der Waals surface area contributed by atoms with Gasteiger partial charge in [-0.05, 0) is 48.5 Å². The first-order valence-corrected chi connectivity index (χ1v) is 18.4. The fourth-order valence-corrected chi connectivity index (χ4v) is 7.90. The Kier molecular flexibility index (Phi) is 8.40. The van der Waals surface area contributed by atoms with Crippen molar-refractivity contribution in [1.82, 2.24) is 10.2 Å². The largest absolute Gasteiger partial charge is 0.416 e. The van der Waals surface area contributed by atoms with Crippen molar-refractivity contribution in [2.24, 2.45) is 0 Å². The summed E-state index contributed by atoms with van der Waals surface area (Å²) < 4.78 is 6.14. The summed E-state index contributed by atoms with van der Waals surface area (Å²) in [6, 6.07) is 23.7. The van der Waals surface area contributed by atoms with Crippen LogP contribution in [0, 0.1) is 0 Å². The molecule has 9 rings (SSSR count). The number of nitrogens with two attached hydrogens (primary N) is 4. The van der Waals surface area contributed by atoms with Gasteiger partial charge in [0.2, 0.25) is 0 Å². The summed E-state index contributed by atoms with van der Waals surface area (Å²) in [5.41, 5.74) is 23.2. The van der Waals surface area contributed by atoms with Crippen molar-refractivity contribution in [1.29, 1.82) is 0 Å². The molecule has 1 heterocycles. The minimum Gasteiger partial charge on any atom is -0.416 e. The van der Waals surface area contributed by atoms with Crippen LogP contribution < -0.4 is 22.9 Å². The highest BCUT2D eigenvalue weighted by atomic mass is 35.5. The third kappa shape index (κ3) is 5.40. The molecule has 0 saturated carbocycles. The van der Waals surface area contributed by atoms with Crippen LogP contribution in [0.15, 0.2) is 101 Å². The molecule has 0 fully saturated rings. The van der Waals surface area contributed by atoms with E-state index < -0.39 is 46.5 Å². The number of carbonyl (C=O) groups is 6. The van der Waals surface area contributed by atoms with E-state index in [1.54, 1.807) is 24.3 Å². The first kappa shape index (κ1) is 36.9. The van der Waals surface area contributed by atoms with E-state index in [4.69, 9.17) is 50.6 Å². The van der Waals surface area contributed by atoms with Crippen LogP contribution in [0.25, 0.3) is 22.9 Å². The highest BCUT2D eigenvalue weighted by molar-refractivity contribution is 6.37. The zero-order valence-electron chi connectivity index (χ0n) is 30.1. The number of aromatic nitrogens is 2. The van der Waals surface area contributed by atoms with Gasteiger partial charge in [-0.3, -0.25) is 28.8 Å². The SMILES string of the molecule is Nc1c(C(=O)c2ccc(Cl)cc2)c2c(c(N)c1-c1nnc(-c3c(N)c(C(=O)c4ccc(Cl)cc4)c4c(c3N)C(=O)c3ccccc3C4=O)o1)C(=O)c1ccccc1C2=O. The number of fused-ring (bicyclic) bond motifs is 4. The Morgan fingerprint density at radius 3 is 1.05 bits per heavy atom. The number of nitrogens with zero attached hydrogens (tertiary/aromatic N) is 2. The van der Waals surface area contributed by atoms with Crippen LogP contribution in [0.1, 0.15) is 95.5 Å². The van der Waals surface area contributed by atoms with Crippen molar-refractivity contribution in [3.63, 3.8) is 0 Å². The second-order valence-corrected chi connectivity index (χ2v) is 14.5. The molecular formula is C44H24Cl2N6O7. The Morgan fingerprint density at radius 1 is 0.424 bits per heavy atom. The third-order valence-corrected chi connectivity index (χ3v) is 10.9. The predicted octanol–water partition coefficient (Wildman–Crippen LogP) is 7.05. The van der Waals surface area contributed by atoms with E-state index in [0.717, 1.165) is 0 Å². The van der Waals surface area contributed by atoms with Gasteiger partial charge in [-0.2, -0.15) is 0 Å². The number of anilines is 4. The number of hydrogen-bond donors (Lipinski definition) is 4. The molecule has 0 amide bonds. The van der Waals surface area contributed by atoms with Gasteiger partial charge in [-0.25, -0.2) is 0 Å². The van der Waals surface area contributed by atoms with Crippen molar-refractivity contribution in [2.45, 2.75) is 0 Å². The van der Waals surface area contributed by atoms with Gasteiger partial charge < -0.3 is 27.4 Å². The molecule has 0 aliphatic heterocycles. The lowest BCUT2D eigenvalue weighted by Crippen LogP contribution is -2.27. The molecular weight excluding hydrogens is 795 g/mol. The zero-order chi connectivity index (χ0) is 41.6. The normalized spacial score (nSPS) is 12.8. The average molecular weight is 820 g/mol. The van der Waals surface area contributed by atoms with Gasteiger partial charge in [0.25, 0.3) is 11.8 Å². The number of halogens is 2. The molecule has 0 unspecified atom stereocenters. The summed E-state index contributed by atoms with van der Waals surface area (Å²) in [4.78, 5) is 85.2. The van der Waals surface area contributed by atoms with Crippen LogP contribution in [0.5, 0.6) is 0 Å². The third-order valence-electron chi connectivity index (χ3n) is 10.4. The van der Waals surface area contributed by atoms with E-state index in [0.29, 0.717) is 10.0 Å². The minimum absolute atomic E-state index is 0.0387. The molecule has 6 aromatic carbocycles. The smallest absolute Gasteiger partial charge is 0.252 e. The van der Waals surface area contributed by atoms with Crippen molar-refractivity contribution in [2.75, 3.05) is 22.9 Å². The predicted molar refractivity (Wildman–Crippen MR) is 219 cm³/mol. The number of benzene rings is 6. The summed E-state index contributed by atoms with van der Waals surface area (Å²) in [6.45, 7) is 0. The molecule has 8 N–H and O–H groups in total. The number of hydrogen-bond acceptors (Lipinski definition) is 13. The van der Waals surface area contributed by atoms with Gasteiger partial charge in [0, 0.05) is 54.6 Å². The van der Waals surface area contributed by atoms with Gasteiger partial charge in [-0.1, -0.05) is 71.7 Å². The molecule has 0 radical (unpaired) electrons. The van der Waals surface area contributed by atoms with E-state index in [2.05, 4.69) is 10.2 Å². The van der Waals surface area contributed by atoms with Crippen LogP contribution >= 0.6 is 23.2 Å². The molecule has 15 heteroatoms. The second kappa shape index (κ2) is 13.4. The van der Waals surface area contributed by atoms with E-state index in [1.807, 2.05) is 0 Å². The monoisotopic (exact) mass is 818 g/mol. The Labute approximate surface area is 342 Å². The first-order chi connectivity index (χ1) is 28.3. The molecule has 286 valence electrons.